The molecular formula is C10H22N2O4. The molecule has 2 unspecified atom stereocenters. The van der Waals surface area contributed by atoms with Gasteiger partial charge in [0.05, 0.1) is 18.8 Å². The maximum Gasteiger partial charge on any atom is 0.130 e. The molecule has 6 heteroatoms. The van der Waals surface area contributed by atoms with Gasteiger partial charge >= 0.3 is 0 Å². The summed E-state index contributed by atoms with van der Waals surface area (Å²) in [6, 6.07) is 0. The molecule has 0 aromatic carbocycles. The highest BCUT2D eigenvalue weighted by molar-refractivity contribution is 4.83. The van der Waals surface area contributed by atoms with Gasteiger partial charge in [0.15, 0.2) is 0 Å². The first kappa shape index (κ1) is 13.8. The van der Waals surface area contributed by atoms with Crippen molar-refractivity contribution in [1.29, 1.82) is 0 Å². The molecule has 0 aliphatic carbocycles. The average Bonchev–Trinajstić information content (AvgIpc) is 2.92. The molecule has 0 saturated carbocycles. The van der Waals surface area contributed by atoms with Gasteiger partial charge in [0.1, 0.15) is 6.23 Å². The standard InChI is InChI=1S/C6H13NO4.C4H9N/c8-3-6(11)7-1-4(9)5(10)2-7;1-2-4-5-3-1/h4-6,8-11H,1-3H2;5H,1-4H2/t4?,5?,6-;/m1./s1. The van der Waals surface area contributed by atoms with Gasteiger partial charge in [0.2, 0.25) is 0 Å². The first-order valence-corrected chi connectivity index (χ1v) is 5.75. The van der Waals surface area contributed by atoms with Crippen molar-refractivity contribution in [3.63, 3.8) is 0 Å². The van der Waals surface area contributed by atoms with Crippen LogP contribution in [0.15, 0.2) is 0 Å². The van der Waals surface area contributed by atoms with Crippen LogP contribution in [-0.4, -0.2) is 76.5 Å². The highest BCUT2D eigenvalue weighted by Crippen LogP contribution is 2.11. The highest BCUT2D eigenvalue weighted by atomic mass is 16.3. The van der Waals surface area contributed by atoms with Crippen molar-refractivity contribution in [2.75, 3.05) is 32.8 Å². The summed E-state index contributed by atoms with van der Waals surface area (Å²) in [5.41, 5.74) is 0. The summed E-state index contributed by atoms with van der Waals surface area (Å²) < 4.78 is 0. The summed E-state index contributed by atoms with van der Waals surface area (Å²) in [5, 5.41) is 38.8. The molecule has 6 nitrogen and oxygen atoms in total. The van der Waals surface area contributed by atoms with E-state index < -0.39 is 18.4 Å². The van der Waals surface area contributed by atoms with Crippen molar-refractivity contribution in [3.8, 4) is 0 Å². The molecule has 2 fully saturated rings. The third-order valence-electron chi connectivity index (χ3n) is 2.83. The average molecular weight is 234 g/mol. The van der Waals surface area contributed by atoms with Crippen molar-refractivity contribution in [3.05, 3.63) is 0 Å². The number of hydrogen-bond donors (Lipinski definition) is 5. The van der Waals surface area contributed by atoms with Crippen LogP contribution in [0.25, 0.3) is 0 Å². The van der Waals surface area contributed by atoms with Crippen molar-refractivity contribution in [1.82, 2.24) is 10.2 Å². The summed E-state index contributed by atoms with van der Waals surface area (Å²) >= 11 is 0. The molecule has 16 heavy (non-hydrogen) atoms. The van der Waals surface area contributed by atoms with Crippen LogP contribution in [0.1, 0.15) is 12.8 Å². The first-order valence-electron chi connectivity index (χ1n) is 5.75. The minimum absolute atomic E-state index is 0.211. The van der Waals surface area contributed by atoms with Crippen molar-refractivity contribution in [2.45, 2.75) is 31.3 Å². The molecule has 5 N–H and O–H groups in total. The van der Waals surface area contributed by atoms with E-state index in [4.69, 9.17) is 20.4 Å². The Kier molecular flexibility index (Phi) is 6.18. The smallest absolute Gasteiger partial charge is 0.130 e. The van der Waals surface area contributed by atoms with Crippen LogP contribution < -0.4 is 5.32 Å². The van der Waals surface area contributed by atoms with E-state index in [1.54, 1.807) is 0 Å². The second-order valence-electron chi connectivity index (χ2n) is 4.21. The largest absolute Gasteiger partial charge is 0.392 e. The topological polar surface area (TPSA) is 96.2 Å². The molecule has 3 atom stereocenters. The summed E-state index contributed by atoms with van der Waals surface area (Å²) in [5.74, 6) is 0. The van der Waals surface area contributed by atoms with Gasteiger partial charge in [-0.2, -0.15) is 0 Å². The number of rotatable bonds is 2. The maximum atomic E-state index is 9.05. The quantitative estimate of drug-likeness (QED) is 0.369. The summed E-state index contributed by atoms with van der Waals surface area (Å²) in [4.78, 5) is 1.43. The molecule has 0 radical (unpaired) electrons. The highest BCUT2D eigenvalue weighted by Gasteiger charge is 2.32. The zero-order chi connectivity index (χ0) is 12.0. The maximum absolute atomic E-state index is 9.05. The zero-order valence-electron chi connectivity index (χ0n) is 9.42. The first-order chi connectivity index (χ1) is 7.65. The molecule has 2 heterocycles. The van der Waals surface area contributed by atoms with E-state index in [9.17, 15) is 0 Å². The minimum atomic E-state index is -0.971. The lowest BCUT2D eigenvalue weighted by molar-refractivity contribution is -0.0286. The lowest BCUT2D eigenvalue weighted by atomic mass is 10.3. The fraction of sp³-hybridized carbons (Fsp3) is 1.00. The SMILES string of the molecule is C1CCNC1.OC[C@@H](O)N1CC(O)C(O)C1. The van der Waals surface area contributed by atoms with Crippen LogP contribution in [-0.2, 0) is 0 Å². The minimum Gasteiger partial charge on any atom is -0.392 e. The van der Waals surface area contributed by atoms with Crippen molar-refractivity contribution < 1.29 is 20.4 Å². The Labute approximate surface area is 95.5 Å². The van der Waals surface area contributed by atoms with Crippen LogP contribution in [0, 0.1) is 0 Å². The van der Waals surface area contributed by atoms with Gasteiger partial charge in [-0.3, -0.25) is 4.90 Å². The summed E-state index contributed by atoms with van der Waals surface area (Å²) in [6.07, 6.45) is 0.189. The lowest BCUT2D eigenvalue weighted by Gasteiger charge is -2.19. The number of likely N-dealkylation sites (tertiary alicyclic amines) is 1. The Balaban J connectivity index is 0.000000212. The van der Waals surface area contributed by atoms with E-state index >= 15 is 0 Å². The molecule has 0 bridgehead atoms. The van der Waals surface area contributed by atoms with Crippen molar-refractivity contribution in [2.24, 2.45) is 0 Å². The van der Waals surface area contributed by atoms with Crippen LogP contribution >= 0.6 is 0 Å². The van der Waals surface area contributed by atoms with Gasteiger partial charge < -0.3 is 25.7 Å². The monoisotopic (exact) mass is 234 g/mol. The van der Waals surface area contributed by atoms with Gasteiger partial charge in [0.25, 0.3) is 0 Å². The summed E-state index contributed by atoms with van der Waals surface area (Å²) in [7, 11) is 0. The van der Waals surface area contributed by atoms with Gasteiger partial charge in [0, 0.05) is 13.1 Å². The number of aliphatic hydroxyl groups excluding tert-OH is 4. The Morgan fingerprint density at radius 2 is 1.62 bits per heavy atom. The molecule has 0 aromatic heterocycles. The van der Waals surface area contributed by atoms with E-state index in [1.807, 2.05) is 0 Å². The number of nitrogens with zero attached hydrogens (tertiary/aromatic N) is 1. The third kappa shape index (κ3) is 4.32. The van der Waals surface area contributed by atoms with Gasteiger partial charge in [-0.1, -0.05) is 0 Å². The van der Waals surface area contributed by atoms with Crippen molar-refractivity contribution >= 4 is 0 Å². The second-order valence-corrected chi connectivity index (χ2v) is 4.21. The fourth-order valence-electron chi connectivity index (χ4n) is 1.78. The van der Waals surface area contributed by atoms with Gasteiger partial charge in [-0.25, -0.2) is 0 Å². The van der Waals surface area contributed by atoms with E-state index in [0.717, 1.165) is 0 Å². The molecular weight excluding hydrogens is 212 g/mol. The van der Waals surface area contributed by atoms with E-state index in [-0.39, 0.29) is 19.7 Å². The Bertz CT molecular complexity index is 172. The van der Waals surface area contributed by atoms with Gasteiger partial charge in [-0.15, -0.1) is 0 Å². The Morgan fingerprint density at radius 1 is 1.12 bits per heavy atom. The molecule has 0 amide bonds. The molecule has 96 valence electrons. The van der Waals surface area contributed by atoms with E-state index in [1.165, 1.54) is 30.8 Å². The molecule has 2 aliphatic heterocycles. The molecule has 0 spiro atoms. The molecule has 2 aliphatic rings. The second kappa shape index (κ2) is 7.16. The zero-order valence-corrected chi connectivity index (χ0v) is 9.42. The van der Waals surface area contributed by atoms with Gasteiger partial charge in [-0.05, 0) is 25.9 Å². The lowest BCUT2D eigenvalue weighted by Crippen LogP contribution is -2.36. The van der Waals surface area contributed by atoms with Crippen LogP contribution in [0.3, 0.4) is 0 Å². The number of nitrogens with one attached hydrogen (secondary N) is 1. The van der Waals surface area contributed by atoms with Crippen LogP contribution in [0.4, 0.5) is 0 Å². The number of β-amino-alcohol motifs (C(OH)–C–C–N with tert-alkyl or cyclic N) is 2. The number of aliphatic hydroxyl groups is 4. The normalized spacial score (nSPS) is 32.2. The van der Waals surface area contributed by atoms with E-state index in [0.29, 0.717) is 0 Å². The molecule has 2 rings (SSSR count). The van der Waals surface area contributed by atoms with Crippen LogP contribution in [0.5, 0.6) is 0 Å². The predicted octanol–water partition coefficient (Wildman–Crippen LogP) is -2.30. The molecule has 2 saturated heterocycles. The van der Waals surface area contributed by atoms with Crippen LogP contribution in [0.2, 0.25) is 0 Å². The predicted molar refractivity (Wildman–Crippen MR) is 58.8 cm³/mol. The summed E-state index contributed by atoms with van der Waals surface area (Å²) in [6.45, 7) is 2.55. The Morgan fingerprint density at radius 3 is 1.94 bits per heavy atom. The van der Waals surface area contributed by atoms with E-state index in [2.05, 4.69) is 5.32 Å². The third-order valence-corrected chi connectivity index (χ3v) is 2.83. The number of hydrogen-bond acceptors (Lipinski definition) is 6. The fourth-order valence-corrected chi connectivity index (χ4v) is 1.78. The Hall–Kier alpha value is -0.240. The molecule has 0 aromatic rings.